The van der Waals surface area contributed by atoms with Crippen molar-refractivity contribution in [1.82, 2.24) is 0 Å². The molecule has 0 rings (SSSR count). The Morgan fingerprint density at radius 3 is 0.872 bits per heavy atom. The first-order valence-corrected chi connectivity index (χ1v) is 41.3. The van der Waals surface area contributed by atoms with Gasteiger partial charge in [-0.25, -0.2) is 9.13 Å². The highest BCUT2D eigenvalue weighted by Gasteiger charge is 2.30. The number of ether oxygens (including phenoxy) is 4. The predicted molar refractivity (Wildman–Crippen MR) is 381 cm³/mol. The van der Waals surface area contributed by atoms with Crippen molar-refractivity contribution in [3.8, 4) is 0 Å². The first-order chi connectivity index (χ1) is 45.4. The molecule has 2 unspecified atom stereocenters. The number of carbonyl (C=O) groups excluding carboxylic acids is 4. The smallest absolute Gasteiger partial charge is 0.462 e. The lowest BCUT2D eigenvalue weighted by Gasteiger charge is -2.21. The minimum atomic E-state index is -4.96. The summed E-state index contributed by atoms with van der Waals surface area (Å²) in [7, 11) is -9.92. The monoisotopic (exact) mass is 1380 g/mol. The molecule has 94 heavy (non-hydrogen) atoms. The van der Waals surface area contributed by atoms with E-state index >= 15 is 0 Å². The van der Waals surface area contributed by atoms with Gasteiger partial charge in [-0.3, -0.25) is 37.3 Å². The van der Waals surface area contributed by atoms with Crippen LogP contribution in [-0.2, 0) is 65.4 Å². The molecule has 0 spiro atoms. The Labute approximate surface area is 573 Å². The van der Waals surface area contributed by atoms with Gasteiger partial charge < -0.3 is 33.8 Å². The van der Waals surface area contributed by atoms with Crippen molar-refractivity contribution in [2.75, 3.05) is 39.6 Å². The molecule has 19 heteroatoms. The number of phosphoric acid groups is 2. The Hall–Kier alpha value is -2.46. The zero-order chi connectivity index (χ0) is 69.3. The number of rotatable bonds is 72. The van der Waals surface area contributed by atoms with Crippen LogP contribution in [0.3, 0.4) is 0 Å². The van der Waals surface area contributed by atoms with Gasteiger partial charge in [-0.2, -0.15) is 0 Å². The molecule has 0 bridgehead atoms. The SMILES string of the molecule is CCCCCC/C=C\C=C/CCCCCCCC(=O)OC[C@H](COP(=O)(O)OC[C@@H](O)COP(=O)(O)OC[C@@H](COC(=O)CCCCCCCCC(C)C)OC(=O)CCCCCCCCCCC(C)C)OC(=O)CCCCCCCCCCCCCCCCCCCCC. The van der Waals surface area contributed by atoms with E-state index in [1.165, 1.54) is 154 Å². The van der Waals surface area contributed by atoms with Crippen LogP contribution in [0.2, 0.25) is 0 Å². The van der Waals surface area contributed by atoms with E-state index in [1.807, 2.05) is 0 Å². The fourth-order valence-electron chi connectivity index (χ4n) is 10.9. The molecule has 0 fully saturated rings. The minimum Gasteiger partial charge on any atom is -0.462 e. The highest BCUT2D eigenvalue weighted by Crippen LogP contribution is 2.45. The van der Waals surface area contributed by atoms with Crippen LogP contribution in [0.5, 0.6) is 0 Å². The van der Waals surface area contributed by atoms with Crippen molar-refractivity contribution in [3.63, 3.8) is 0 Å². The van der Waals surface area contributed by atoms with Crippen molar-refractivity contribution in [1.29, 1.82) is 0 Å². The fraction of sp³-hybridized carbons (Fsp3) is 0.893. The largest absolute Gasteiger partial charge is 0.472 e. The summed E-state index contributed by atoms with van der Waals surface area (Å²) < 4.78 is 68.4. The van der Waals surface area contributed by atoms with E-state index in [0.29, 0.717) is 37.5 Å². The molecular formula is C75H142O17P2. The topological polar surface area (TPSA) is 237 Å². The fourth-order valence-corrected chi connectivity index (χ4v) is 12.5. The van der Waals surface area contributed by atoms with Gasteiger partial charge in [0.1, 0.15) is 19.3 Å². The van der Waals surface area contributed by atoms with Crippen LogP contribution in [-0.4, -0.2) is 96.7 Å². The summed E-state index contributed by atoms with van der Waals surface area (Å²) >= 11 is 0. The molecule has 17 nitrogen and oxygen atoms in total. The Morgan fingerprint density at radius 1 is 0.330 bits per heavy atom. The number of esters is 4. The van der Waals surface area contributed by atoms with Crippen LogP contribution in [0, 0.1) is 11.8 Å². The summed E-state index contributed by atoms with van der Waals surface area (Å²) in [4.78, 5) is 72.7. The highest BCUT2D eigenvalue weighted by molar-refractivity contribution is 7.47. The van der Waals surface area contributed by atoms with Crippen molar-refractivity contribution in [3.05, 3.63) is 24.3 Å². The van der Waals surface area contributed by atoms with Gasteiger partial charge in [-0.15, -0.1) is 0 Å². The van der Waals surface area contributed by atoms with E-state index < -0.39 is 97.5 Å². The van der Waals surface area contributed by atoms with Crippen LogP contribution < -0.4 is 0 Å². The molecule has 0 aromatic carbocycles. The molecule has 5 atom stereocenters. The van der Waals surface area contributed by atoms with E-state index in [-0.39, 0.29) is 25.7 Å². The van der Waals surface area contributed by atoms with Crippen molar-refractivity contribution in [2.24, 2.45) is 11.8 Å². The lowest BCUT2D eigenvalue weighted by molar-refractivity contribution is -0.161. The van der Waals surface area contributed by atoms with E-state index in [1.54, 1.807) is 0 Å². The first-order valence-electron chi connectivity index (χ1n) is 38.3. The molecule has 0 heterocycles. The minimum absolute atomic E-state index is 0.101. The van der Waals surface area contributed by atoms with Gasteiger partial charge in [0.05, 0.1) is 26.4 Å². The second-order valence-electron chi connectivity index (χ2n) is 27.3. The maximum Gasteiger partial charge on any atom is 0.472 e. The Morgan fingerprint density at radius 2 is 0.574 bits per heavy atom. The molecule has 0 aliphatic heterocycles. The molecule has 0 radical (unpaired) electrons. The third kappa shape index (κ3) is 68.1. The van der Waals surface area contributed by atoms with Crippen molar-refractivity contribution < 1.29 is 80.2 Å². The molecule has 0 saturated carbocycles. The number of hydrogen-bond acceptors (Lipinski definition) is 15. The number of aliphatic hydroxyl groups excluding tert-OH is 1. The van der Waals surface area contributed by atoms with Gasteiger partial charge in [-0.1, -0.05) is 310 Å². The third-order valence-corrected chi connectivity index (χ3v) is 18.7. The summed E-state index contributed by atoms with van der Waals surface area (Å²) in [6, 6.07) is 0. The second-order valence-corrected chi connectivity index (χ2v) is 30.2. The molecule has 0 aliphatic rings. The van der Waals surface area contributed by atoms with Crippen molar-refractivity contribution in [2.45, 2.75) is 381 Å². The maximum atomic E-state index is 13.1. The normalized spacial score (nSPS) is 14.2. The number of phosphoric ester groups is 2. The Kier molecular flexibility index (Phi) is 64.7. The van der Waals surface area contributed by atoms with E-state index in [2.05, 4.69) is 65.8 Å². The van der Waals surface area contributed by atoms with Gasteiger partial charge in [0.2, 0.25) is 0 Å². The molecule has 0 amide bonds. The summed E-state index contributed by atoms with van der Waals surface area (Å²) in [5.74, 6) is -0.758. The lowest BCUT2D eigenvalue weighted by atomic mass is 10.0. The molecule has 0 aromatic rings. The quantitative estimate of drug-likeness (QED) is 0.0169. The number of allylic oxidation sites excluding steroid dienone is 4. The van der Waals surface area contributed by atoms with Crippen LogP contribution in [0.4, 0.5) is 0 Å². The van der Waals surface area contributed by atoms with E-state index in [0.717, 1.165) is 116 Å². The summed E-state index contributed by atoms with van der Waals surface area (Å²) in [5.41, 5.74) is 0. The van der Waals surface area contributed by atoms with Crippen molar-refractivity contribution >= 4 is 39.5 Å². The number of unbranched alkanes of at least 4 members (excludes halogenated alkanes) is 39. The van der Waals surface area contributed by atoms with Gasteiger partial charge in [0.15, 0.2) is 12.2 Å². The van der Waals surface area contributed by atoms with Gasteiger partial charge >= 0.3 is 39.5 Å². The molecule has 0 aliphatic carbocycles. The number of carbonyl (C=O) groups is 4. The zero-order valence-electron chi connectivity index (χ0n) is 60.7. The average Bonchev–Trinajstić information content (AvgIpc) is 1.54. The van der Waals surface area contributed by atoms with Gasteiger partial charge in [-0.05, 0) is 63.2 Å². The van der Waals surface area contributed by atoms with Gasteiger partial charge in [0.25, 0.3) is 0 Å². The van der Waals surface area contributed by atoms with E-state index in [9.17, 15) is 43.2 Å². The average molecular weight is 1380 g/mol. The van der Waals surface area contributed by atoms with Crippen LogP contribution in [0.1, 0.15) is 363 Å². The highest BCUT2D eigenvalue weighted by atomic mass is 31.2. The molecule has 3 N–H and O–H groups in total. The molecular weight excluding hydrogens is 1230 g/mol. The maximum absolute atomic E-state index is 13.1. The molecule has 0 saturated heterocycles. The Bertz CT molecular complexity index is 1910. The predicted octanol–water partition coefficient (Wildman–Crippen LogP) is 21.5. The number of hydrogen-bond donors (Lipinski definition) is 3. The van der Waals surface area contributed by atoms with Crippen LogP contribution >= 0.6 is 15.6 Å². The third-order valence-electron chi connectivity index (χ3n) is 16.8. The van der Waals surface area contributed by atoms with Gasteiger partial charge in [0, 0.05) is 25.7 Å². The van der Waals surface area contributed by atoms with Crippen LogP contribution in [0.15, 0.2) is 24.3 Å². The molecule has 554 valence electrons. The molecule has 0 aromatic heterocycles. The summed E-state index contributed by atoms with van der Waals surface area (Å²) in [6.07, 6.45) is 56.6. The zero-order valence-corrected chi connectivity index (χ0v) is 62.5. The second kappa shape index (κ2) is 66.4. The summed E-state index contributed by atoms with van der Waals surface area (Å²) in [5, 5.41) is 10.6. The first kappa shape index (κ1) is 91.5. The standard InChI is InChI=1S/C75H142O17P2/c1-7-9-11-13-15-17-19-21-23-24-25-26-28-30-32-34-39-47-53-59-74(79)91-70(63-85-72(77)57-51-45-38-33-31-29-27-22-20-18-16-14-12-10-8-2)65-89-93(81,82)87-61-69(76)62-88-94(83,84)90-66-71(64-86-73(78)58-52-46-42-41-44-50-56-68(5)6)92-75(80)60-54-48-40-36-35-37-43-49-55-67(3)4/h18,20,22,27,67-71,76H,7-17,19,21,23-26,28-66H2,1-6H3,(H,81,82)(H,83,84)/b20-18-,27-22-/t69-,70-,71-/m1/s1. The van der Waals surface area contributed by atoms with Crippen LogP contribution in [0.25, 0.3) is 0 Å². The van der Waals surface area contributed by atoms with E-state index in [4.69, 9.17) is 37.0 Å². The number of aliphatic hydroxyl groups is 1. The lowest BCUT2D eigenvalue weighted by Crippen LogP contribution is -2.30. The summed E-state index contributed by atoms with van der Waals surface area (Å²) in [6.45, 7) is 9.39. The Balaban J connectivity index is 5.25.